The monoisotopic (exact) mass is 172 g/mol. The first-order valence-electron chi connectivity index (χ1n) is 5.01. The van der Waals surface area contributed by atoms with Crippen LogP contribution in [0.3, 0.4) is 0 Å². The molecule has 0 nitrogen and oxygen atoms in total. The maximum Gasteiger partial charge on any atom is -0.00649 e. The predicted molar refractivity (Wildman–Crippen MR) is 54.2 cm³/mol. The molecule has 1 saturated heterocycles. The third-order valence-corrected chi connectivity index (χ3v) is 3.64. The van der Waals surface area contributed by atoms with Gasteiger partial charge in [-0.05, 0) is 36.7 Å². The molecule has 0 radical (unpaired) electrons. The maximum atomic E-state index is 2.30. The highest BCUT2D eigenvalue weighted by atomic mass is 32.2. The highest BCUT2D eigenvalue weighted by molar-refractivity contribution is 7.99. The summed E-state index contributed by atoms with van der Waals surface area (Å²) in [7, 11) is 0. The molecular weight excluding hydrogens is 152 g/mol. The molecule has 0 aromatic rings. The number of rotatable bonds is 3. The largest absolute Gasteiger partial charge is 0.162 e. The zero-order valence-electron chi connectivity index (χ0n) is 7.64. The van der Waals surface area contributed by atoms with Gasteiger partial charge in [0.15, 0.2) is 0 Å². The van der Waals surface area contributed by atoms with E-state index in [-0.39, 0.29) is 0 Å². The Morgan fingerprint density at radius 3 is 3.00 bits per heavy atom. The van der Waals surface area contributed by atoms with E-state index in [9.17, 15) is 0 Å². The van der Waals surface area contributed by atoms with E-state index in [0.717, 1.165) is 5.92 Å². The minimum atomic E-state index is 1.07. The molecule has 0 spiro atoms. The van der Waals surface area contributed by atoms with E-state index in [4.69, 9.17) is 0 Å². The molecular formula is C10H20S. The lowest BCUT2D eigenvalue weighted by Gasteiger charge is -2.11. The molecule has 0 aromatic heterocycles. The first-order chi connectivity index (χ1) is 5.43. The Balaban J connectivity index is 2.09. The molecule has 1 heteroatoms. The highest BCUT2D eigenvalue weighted by Gasteiger charge is 2.10. The van der Waals surface area contributed by atoms with Crippen LogP contribution in [0, 0.1) is 5.92 Å². The molecule has 0 aromatic carbocycles. The molecule has 0 amide bonds. The van der Waals surface area contributed by atoms with E-state index in [1.54, 1.807) is 0 Å². The van der Waals surface area contributed by atoms with E-state index in [2.05, 4.69) is 18.7 Å². The van der Waals surface area contributed by atoms with Crippen molar-refractivity contribution < 1.29 is 0 Å². The first kappa shape index (κ1) is 9.44. The minimum Gasteiger partial charge on any atom is -0.162 e. The van der Waals surface area contributed by atoms with Crippen molar-refractivity contribution in [3.8, 4) is 0 Å². The van der Waals surface area contributed by atoms with Crippen LogP contribution in [0.15, 0.2) is 0 Å². The van der Waals surface area contributed by atoms with Crippen molar-refractivity contribution in [3.05, 3.63) is 0 Å². The quantitative estimate of drug-likeness (QED) is 0.625. The van der Waals surface area contributed by atoms with Crippen LogP contribution in [0.2, 0.25) is 0 Å². The summed E-state index contributed by atoms with van der Waals surface area (Å²) in [5, 5.41) is 0. The predicted octanol–water partition coefficient (Wildman–Crippen LogP) is 3.71. The van der Waals surface area contributed by atoms with Crippen LogP contribution in [-0.2, 0) is 0 Å². The Morgan fingerprint density at radius 1 is 1.27 bits per heavy atom. The summed E-state index contributed by atoms with van der Waals surface area (Å²) in [4.78, 5) is 0. The standard InChI is InChI=1S/C10H20S/c1-2-3-5-10-6-4-8-11-9-7-10/h10H,2-9H2,1H3/t10-/m1/s1. The van der Waals surface area contributed by atoms with Gasteiger partial charge in [-0.15, -0.1) is 0 Å². The molecule has 1 aliphatic rings. The summed E-state index contributed by atoms with van der Waals surface area (Å²) in [6.45, 7) is 2.30. The smallest absolute Gasteiger partial charge is 0.00649 e. The SMILES string of the molecule is CCCC[C@@H]1CCCSCC1. The molecule has 0 saturated carbocycles. The lowest BCUT2D eigenvalue weighted by Crippen LogP contribution is -1.99. The molecule has 1 aliphatic heterocycles. The van der Waals surface area contributed by atoms with Crippen LogP contribution in [0.5, 0.6) is 0 Å². The Morgan fingerprint density at radius 2 is 2.18 bits per heavy atom. The van der Waals surface area contributed by atoms with Crippen molar-refractivity contribution in [3.63, 3.8) is 0 Å². The van der Waals surface area contributed by atoms with Crippen molar-refractivity contribution in [2.75, 3.05) is 11.5 Å². The van der Waals surface area contributed by atoms with Gasteiger partial charge in [0, 0.05) is 0 Å². The highest BCUT2D eigenvalue weighted by Crippen LogP contribution is 2.25. The van der Waals surface area contributed by atoms with Gasteiger partial charge < -0.3 is 0 Å². The minimum absolute atomic E-state index is 1.07. The fraction of sp³-hybridized carbons (Fsp3) is 1.00. The van der Waals surface area contributed by atoms with Gasteiger partial charge >= 0.3 is 0 Å². The number of thioether (sulfide) groups is 1. The average Bonchev–Trinajstić information content (AvgIpc) is 2.28. The lowest BCUT2D eigenvalue weighted by molar-refractivity contribution is 0.426. The Bertz CT molecular complexity index is 82.9. The van der Waals surface area contributed by atoms with Crippen LogP contribution in [0.25, 0.3) is 0 Å². The van der Waals surface area contributed by atoms with E-state index >= 15 is 0 Å². The molecule has 1 atom stereocenters. The molecule has 1 fully saturated rings. The van der Waals surface area contributed by atoms with E-state index < -0.39 is 0 Å². The van der Waals surface area contributed by atoms with Gasteiger partial charge in [0.05, 0.1) is 0 Å². The number of unbranched alkanes of at least 4 members (excludes halogenated alkanes) is 1. The molecule has 1 heterocycles. The summed E-state index contributed by atoms with van der Waals surface area (Å²) in [5.74, 6) is 3.92. The Hall–Kier alpha value is 0.350. The van der Waals surface area contributed by atoms with Gasteiger partial charge in [-0.2, -0.15) is 11.8 Å². The van der Waals surface area contributed by atoms with Crippen LogP contribution in [0.1, 0.15) is 45.4 Å². The fourth-order valence-electron chi connectivity index (χ4n) is 1.75. The van der Waals surface area contributed by atoms with Crippen LogP contribution in [0.4, 0.5) is 0 Å². The number of hydrogen-bond donors (Lipinski definition) is 0. The van der Waals surface area contributed by atoms with Crippen LogP contribution < -0.4 is 0 Å². The normalized spacial score (nSPS) is 26.5. The molecule has 0 N–H and O–H groups in total. The van der Waals surface area contributed by atoms with Crippen LogP contribution in [-0.4, -0.2) is 11.5 Å². The zero-order chi connectivity index (χ0) is 7.94. The van der Waals surface area contributed by atoms with Gasteiger partial charge in [0.2, 0.25) is 0 Å². The van der Waals surface area contributed by atoms with Gasteiger partial charge in [0.25, 0.3) is 0 Å². The maximum absolute atomic E-state index is 2.30. The topological polar surface area (TPSA) is 0 Å². The van der Waals surface area contributed by atoms with Gasteiger partial charge in [-0.25, -0.2) is 0 Å². The van der Waals surface area contributed by atoms with Crippen molar-refractivity contribution in [1.82, 2.24) is 0 Å². The van der Waals surface area contributed by atoms with Crippen molar-refractivity contribution in [2.24, 2.45) is 5.92 Å². The fourth-order valence-corrected chi connectivity index (χ4v) is 2.83. The van der Waals surface area contributed by atoms with Gasteiger partial charge in [-0.1, -0.05) is 26.2 Å². The molecule has 1 rings (SSSR count). The molecule has 11 heavy (non-hydrogen) atoms. The third kappa shape index (κ3) is 4.05. The second-order valence-electron chi connectivity index (χ2n) is 3.55. The van der Waals surface area contributed by atoms with Crippen molar-refractivity contribution in [1.29, 1.82) is 0 Å². The number of hydrogen-bond acceptors (Lipinski definition) is 1. The summed E-state index contributed by atoms with van der Waals surface area (Å²) in [6, 6.07) is 0. The molecule has 0 aliphatic carbocycles. The summed E-state index contributed by atoms with van der Waals surface area (Å²) < 4.78 is 0. The molecule has 66 valence electrons. The van der Waals surface area contributed by atoms with E-state index in [0.29, 0.717) is 0 Å². The second kappa shape index (κ2) is 5.93. The Labute approximate surface area is 75.1 Å². The average molecular weight is 172 g/mol. The summed E-state index contributed by atoms with van der Waals surface area (Å²) in [5.41, 5.74) is 0. The molecule has 0 unspecified atom stereocenters. The Kier molecular flexibility index (Phi) is 5.09. The second-order valence-corrected chi connectivity index (χ2v) is 4.78. The summed E-state index contributed by atoms with van der Waals surface area (Å²) in [6.07, 6.45) is 8.80. The summed E-state index contributed by atoms with van der Waals surface area (Å²) >= 11 is 2.15. The van der Waals surface area contributed by atoms with Crippen molar-refractivity contribution >= 4 is 11.8 Å². The first-order valence-corrected chi connectivity index (χ1v) is 6.16. The van der Waals surface area contributed by atoms with Gasteiger partial charge in [0.1, 0.15) is 0 Å². The van der Waals surface area contributed by atoms with Crippen LogP contribution >= 0.6 is 11.8 Å². The van der Waals surface area contributed by atoms with E-state index in [1.807, 2.05) is 0 Å². The van der Waals surface area contributed by atoms with E-state index in [1.165, 1.54) is 50.0 Å². The lowest BCUT2D eigenvalue weighted by atomic mass is 9.95. The third-order valence-electron chi connectivity index (χ3n) is 2.54. The van der Waals surface area contributed by atoms with Crippen molar-refractivity contribution in [2.45, 2.75) is 45.4 Å². The van der Waals surface area contributed by atoms with Gasteiger partial charge in [-0.3, -0.25) is 0 Å². The zero-order valence-corrected chi connectivity index (χ0v) is 8.46. The molecule has 0 bridgehead atoms.